The van der Waals surface area contributed by atoms with Crippen molar-refractivity contribution in [3.8, 4) is 0 Å². The zero-order chi connectivity index (χ0) is 13.4. The highest BCUT2D eigenvalue weighted by atomic mass is 35.5. The highest BCUT2D eigenvalue weighted by Gasteiger charge is 2.06. The average Bonchev–Trinajstić information content (AvgIpc) is 2.72. The van der Waals surface area contributed by atoms with Crippen LogP contribution in [0.3, 0.4) is 0 Å². The molecule has 96 valence electrons. The van der Waals surface area contributed by atoms with Gasteiger partial charge in [0.25, 0.3) is 5.78 Å². The molecule has 0 aliphatic rings. The van der Waals surface area contributed by atoms with Crippen LogP contribution in [-0.2, 0) is 0 Å². The largest absolute Gasteiger partial charge is 0.363 e. The summed E-state index contributed by atoms with van der Waals surface area (Å²) in [5.41, 5.74) is 1.19. The average molecular weight is 276 g/mol. The van der Waals surface area contributed by atoms with Gasteiger partial charge in [0.15, 0.2) is 0 Å². The molecule has 0 saturated heterocycles. The molecule has 0 atom stereocenters. The second-order valence-corrected chi connectivity index (χ2v) is 4.52. The smallest absolute Gasteiger partial charge is 0.340 e. The van der Waals surface area contributed by atoms with Crippen LogP contribution in [0.2, 0.25) is 5.02 Å². The van der Waals surface area contributed by atoms with Crippen molar-refractivity contribution < 1.29 is 0 Å². The third-order valence-corrected chi connectivity index (χ3v) is 2.84. The molecule has 0 saturated carbocycles. The van der Waals surface area contributed by atoms with Gasteiger partial charge in [-0.1, -0.05) is 11.6 Å². The van der Waals surface area contributed by atoms with Gasteiger partial charge in [-0.05, 0) is 31.2 Å². The van der Waals surface area contributed by atoms with Gasteiger partial charge in [0.2, 0.25) is 0 Å². The summed E-state index contributed by atoms with van der Waals surface area (Å²) in [7, 11) is 0. The van der Waals surface area contributed by atoms with Crippen molar-refractivity contribution in [3.63, 3.8) is 0 Å². The van der Waals surface area contributed by atoms with E-state index < -0.39 is 5.69 Å². The minimum atomic E-state index is -0.433. The lowest BCUT2D eigenvalue weighted by Gasteiger charge is -2.08. The Morgan fingerprint density at radius 2 is 2.00 bits per heavy atom. The first-order chi connectivity index (χ1) is 9.11. The fourth-order valence-corrected chi connectivity index (χ4v) is 1.91. The molecule has 0 spiro atoms. The van der Waals surface area contributed by atoms with Crippen molar-refractivity contribution in [1.29, 1.82) is 0 Å². The number of rotatable bonds is 2. The maximum Gasteiger partial charge on any atom is 0.363 e. The molecule has 2 heterocycles. The molecular weight excluding hydrogens is 266 g/mol. The Bertz CT molecular complexity index is 790. The van der Waals surface area contributed by atoms with Crippen LogP contribution in [0.15, 0.2) is 35.1 Å². The zero-order valence-electron chi connectivity index (χ0n) is 10.0. The van der Waals surface area contributed by atoms with E-state index in [1.54, 1.807) is 12.1 Å². The number of aryl methyl sites for hydroxylation is 1. The van der Waals surface area contributed by atoms with E-state index in [-0.39, 0.29) is 0 Å². The molecule has 0 radical (unpaired) electrons. The predicted molar refractivity (Wildman–Crippen MR) is 73.1 cm³/mol. The van der Waals surface area contributed by atoms with Crippen molar-refractivity contribution in [2.75, 3.05) is 5.32 Å². The van der Waals surface area contributed by atoms with Gasteiger partial charge in [0.1, 0.15) is 5.82 Å². The lowest BCUT2D eigenvalue weighted by Crippen LogP contribution is -2.05. The van der Waals surface area contributed by atoms with Crippen molar-refractivity contribution in [3.05, 3.63) is 51.5 Å². The second-order valence-electron chi connectivity index (χ2n) is 4.08. The summed E-state index contributed by atoms with van der Waals surface area (Å²) < 4.78 is 1.50. The van der Waals surface area contributed by atoms with Gasteiger partial charge in [-0.25, -0.2) is 19.4 Å². The van der Waals surface area contributed by atoms with Gasteiger partial charge < -0.3 is 5.32 Å². The number of aromatic nitrogens is 4. The fraction of sp³-hybridized carbons (Fsp3) is 0.0833. The van der Waals surface area contributed by atoms with E-state index in [1.165, 1.54) is 4.52 Å². The first-order valence-electron chi connectivity index (χ1n) is 5.61. The van der Waals surface area contributed by atoms with Gasteiger partial charge in [-0.2, -0.15) is 4.98 Å². The Morgan fingerprint density at radius 1 is 1.26 bits per heavy atom. The van der Waals surface area contributed by atoms with Crippen LogP contribution < -0.4 is 11.0 Å². The van der Waals surface area contributed by atoms with Crippen LogP contribution in [0.1, 0.15) is 5.69 Å². The first kappa shape index (κ1) is 11.7. The number of benzene rings is 1. The Balaban J connectivity index is 2.09. The summed E-state index contributed by atoms with van der Waals surface area (Å²) in [4.78, 5) is 19.2. The summed E-state index contributed by atoms with van der Waals surface area (Å²) in [5, 5.41) is 6.43. The third-order valence-electron chi connectivity index (χ3n) is 2.59. The number of hydrogen-bond acceptors (Lipinski definition) is 4. The molecule has 3 aromatic rings. The van der Waals surface area contributed by atoms with Crippen LogP contribution in [0.25, 0.3) is 5.78 Å². The topological polar surface area (TPSA) is 75.1 Å². The highest BCUT2D eigenvalue weighted by Crippen LogP contribution is 2.19. The quantitative estimate of drug-likeness (QED) is 0.751. The number of nitrogens with zero attached hydrogens (tertiary/aromatic N) is 3. The number of nitrogens with one attached hydrogen (secondary N) is 2. The molecule has 7 heteroatoms. The molecule has 0 aliphatic heterocycles. The molecule has 6 nitrogen and oxygen atoms in total. The van der Waals surface area contributed by atoms with E-state index in [0.29, 0.717) is 16.6 Å². The number of anilines is 2. The molecule has 0 bridgehead atoms. The Hall–Kier alpha value is -2.34. The normalized spacial score (nSPS) is 10.8. The zero-order valence-corrected chi connectivity index (χ0v) is 10.8. The Labute approximate surface area is 113 Å². The van der Waals surface area contributed by atoms with Crippen molar-refractivity contribution in [2.24, 2.45) is 0 Å². The standard InChI is InChI=1S/C12H10ClN5O/c1-7-6-10(15-9-4-2-8(13)3-5-9)18-11(14-7)16-12(19)17-18/h2-6,15H,1H3,(H,17,19). The lowest BCUT2D eigenvalue weighted by molar-refractivity contribution is 0.919. The van der Waals surface area contributed by atoms with Gasteiger partial charge in [0, 0.05) is 22.5 Å². The Kier molecular flexibility index (Phi) is 2.72. The highest BCUT2D eigenvalue weighted by molar-refractivity contribution is 6.30. The first-order valence-corrected chi connectivity index (χ1v) is 5.99. The number of hydrogen-bond donors (Lipinski definition) is 2. The summed E-state index contributed by atoms with van der Waals surface area (Å²) >= 11 is 5.84. The molecular formula is C12H10ClN5O. The minimum Gasteiger partial charge on any atom is -0.340 e. The van der Waals surface area contributed by atoms with E-state index in [0.717, 1.165) is 11.4 Å². The van der Waals surface area contributed by atoms with E-state index in [2.05, 4.69) is 20.4 Å². The molecule has 0 aliphatic carbocycles. The summed E-state index contributed by atoms with van der Waals surface area (Å²) in [6.45, 7) is 1.84. The molecule has 0 unspecified atom stereocenters. The van der Waals surface area contributed by atoms with Crippen molar-refractivity contribution >= 4 is 28.9 Å². The fourth-order valence-electron chi connectivity index (χ4n) is 1.78. The van der Waals surface area contributed by atoms with Crippen LogP contribution in [-0.4, -0.2) is 19.6 Å². The number of aromatic amines is 1. The lowest BCUT2D eigenvalue weighted by atomic mass is 10.3. The summed E-state index contributed by atoms with van der Waals surface area (Å²) in [5.74, 6) is 1.01. The van der Waals surface area contributed by atoms with Crippen LogP contribution in [0.4, 0.5) is 11.5 Å². The molecule has 1 aromatic carbocycles. The predicted octanol–water partition coefficient (Wildman–Crippen LogP) is 2.12. The molecule has 0 amide bonds. The summed E-state index contributed by atoms with van der Waals surface area (Å²) in [6, 6.07) is 9.08. The molecule has 0 fully saturated rings. The van der Waals surface area contributed by atoms with Gasteiger partial charge >= 0.3 is 5.69 Å². The van der Waals surface area contributed by atoms with Crippen molar-refractivity contribution in [2.45, 2.75) is 6.92 Å². The second kappa shape index (κ2) is 4.40. The maximum atomic E-state index is 11.3. The van der Waals surface area contributed by atoms with Gasteiger partial charge in [0.05, 0.1) is 0 Å². The maximum absolute atomic E-state index is 11.3. The van der Waals surface area contributed by atoms with Gasteiger partial charge in [-0.3, -0.25) is 0 Å². The van der Waals surface area contributed by atoms with E-state index >= 15 is 0 Å². The molecule has 2 aromatic heterocycles. The number of fused-ring (bicyclic) bond motifs is 1. The van der Waals surface area contributed by atoms with Crippen LogP contribution >= 0.6 is 11.6 Å². The number of H-pyrrole nitrogens is 1. The van der Waals surface area contributed by atoms with E-state index in [9.17, 15) is 4.79 Å². The van der Waals surface area contributed by atoms with Crippen LogP contribution in [0.5, 0.6) is 0 Å². The Morgan fingerprint density at radius 3 is 2.74 bits per heavy atom. The van der Waals surface area contributed by atoms with E-state index in [1.807, 2.05) is 25.1 Å². The summed E-state index contributed by atoms with van der Waals surface area (Å²) in [6.07, 6.45) is 0. The molecule has 19 heavy (non-hydrogen) atoms. The van der Waals surface area contributed by atoms with Crippen molar-refractivity contribution in [1.82, 2.24) is 19.6 Å². The SMILES string of the molecule is Cc1cc(Nc2ccc(Cl)cc2)n2[nH]c(=O)nc2n1. The molecule has 2 N–H and O–H groups in total. The third kappa shape index (κ3) is 2.30. The number of halogens is 1. The van der Waals surface area contributed by atoms with E-state index in [4.69, 9.17) is 11.6 Å². The monoisotopic (exact) mass is 275 g/mol. The van der Waals surface area contributed by atoms with Crippen LogP contribution in [0, 0.1) is 6.92 Å². The molecule has 3 rings (SSSR count). The minimum absolute atomic E-state index is 0.335. The van der Waals surface area contributed by atoms with Gasteiger partial charge in [-0.15, -0.1) is 0 Å².